The van der Waals surface area contributed by atoms with Gasteiger partial charge in [-0.1, -0.05) is 50.1 Å². The molecular weight excluding hydrogens is 660 g/mol. The summed E-state index contributed by atoms with van der Waals surface area (Å²) in [4.78, 5) is 96.1. The molecule has 0 unspecified atom stereocenters. The summed E-state index contributed by atoms with van der Waals surface area (Å²) >= 11 is 0. The second kappa shape index (κ2) is 21.7. The van der Waals surface area contributed by atoms with Crippen molar-refractivity contribution in [3.8, 4) is 0 Å². The largest absolute Gasteiger partial charge is 0.370 e. The standard InChI is InChI=1S/C34H52N10O7/c1-4-5-12-23(35)30(48)42-26-14-15-28(46)38-18-16-24(21(3)45)41-32(50)25(13-9-17-39-34(36)37)43-33(51)27(19-22-10-7-6-8-11-22)44-29(47)20(2)40-31(26)49/h6-8,10-11,16,20,23,25-27H,4-5,9,12-15,17-19,35H2,1-3H3,(H,38,46)(H,40,49)(H,41,50)(H,42,48)(H,43,51)(H,44,47)(H4,36,37,39)/b24-16-/t20-,23-,25-,26-,27+/m0/s1. The SMILES string of the molecule is CCCC[C@H](N)C(=O)N[C@H]1CCC(=O)NC/C=C(/C(C)=O)NC(=O)[C@H](CCCN=C(N)N)NC(=O)[C@@H](Cc2ccccc2)NC(=O)[C@H](C)NC1=O. The van der Waals surface area contributed by atoms with Gasteiger partial charge in [0, 0.05) is 32.9 Å². The molecule has 0 aliphatic carbocycles. The van der Waals surface area contributed by atoms with Gasteiger partial charge in [0.05, 0.1) is 11.7 Å². The number of carbonyl (C=O) groups is 7. The van der Waals surface area contributed by atoms with Crippen LogP contribution in [0.4, 0.5) is 0 Å². The lowest BCUT2D eigenvalue weighted by Crippen LogP contribution is -2.58. The van der Waals surface area contributed by atoms with Gasteiger partial charge in [-0.2, -0.15) is 0 Å². The van der Waals surface area contributed by atoms with Crippen LogP contribution in [0.15, 0.2) is 47.1 Å². The van der Waals surface area contributed by atoms with E-state index < -0.39 is 71.4 Å². The van der Waals surface area contributed by atoms with Gasteiger partial charge in [0.25, 0.3) is 0 Å². The van der Waals surface area contributed by atoms with Crippen LogP contribution in [-0.4, -0.2) is 90.5 Å². The first-order valence-electron chi connectivity index (χ1n) is 17.1. The van der Waals surface area contributed by atoms with Crippen molar-refractivity contribution in [1.29, 1.82) is 0 Å². The van der Waals surface area contributed by atoms with Crippen LogP contribution in [0.5, 0.6) is 0 Å². The fourth-order valence-electron chi connectivity index (χ4n) is 5.02. The van der Waals surface area contributed by atoms with Crippen LogP contribution in [0.2, 0.25) is 0 Å². The Morgan fingerprint density at radius 1 is 0.941 bits per heavy atom. The van der Waals surface area contributed by atoms with Crippen LogP contribution >= 0.6 is 0 Å². The highest BCUT2D eigenvalue weighted by molar-refractivity contribution is 6.00. The Morgan fingerprint density at radius 3 is 2.27 bits per heavy atom. The molecule has 1 aliphatic rings. The van der Waals surface area contributed by atoms with Gasteiger partial charge in [-0.15, -0.1) is 0 Å². The van der Waals surface area contributed by atoms with Crippen molar-refractivity contribution in [2.45, 2.75) is 102 Å². The van der Waals surface area contributed by atoms with Crippen LogP contribution in [-0.2, 0) is 40.0 Å². The molecule has 6 amide bonds. The van der Waals surface area contributed by atoms with Crippen LogP contribution in [0.3, 0.4) is 0 Å². The van der Waals surface area contributed by atoms with E-state index in [1.165, 1.54) is 19.9 Å². The van der Waals surface area contributed by atoms with E-state index >= 15 is 0 Å². The third kappa shape index (κ3) is 15.4. The number of nitrogens with two attached hydrogens (primary N) is 3. The Labute approximate surface area is 297 Å². The molecule has 5 atom stereocenters. The second-order valence-corrected chi connectivity index (χ2v) is 12.3. The molecule has 0 fully saturated rings. The highest BCUT2D eigenvalue weighted by Crippen LogP contribution is 2.08. The minimum atomic E-state index is -1.22. The summed E-state index contributed by atoms with van der Waals surface area (Å²) in [5.41, 5.74) is 17.4. The second-order valence-electron chi connectivity index (χ2n) is 12.3. The lowest BCUT2D eigenvalue weighted by molar-refractivity contribution is -0.134. The third-order valence-electron chi connectivity index (χ3n) is 7.99. The highest BCUT2D eigenvalue weighted by Gasteiger charge is 2.31. The van der Waals surface area contributed by atoms with Gasteiger partial charge in [-0.3, -0.25) is 38.6 Å². The molecule has 0 radical (unpaired) electrons. The number of aliphatic imine (C=N–C) groups is 1. The van der Waals surface area contributed by atoms with E-state index in [1.54, 1.807) is 30.3 Å². The summed E-state index contributed by atoms with van der Waals surface area (Å²) in [6, 6.07) is 3.15. The number of benzene rings is 1. The molecule has 17 heteroatoms. The molecule has 1 aromatic carbocycles. The van der Waals surface area contributed by atoms with Gasteiger partial charge < -0.3 is 49.1 Å². The average molecular weight is 713 g/mol. The molecule has 0 spiro atoms. The van der Waals surface area contributed by atoms with Crippen LogP contribution in [0.25, 0.3) is 0 Å². The predicted molar refractivity (Wildman–Crippen MR) is 190 cm³/mol. The van der Waals surface area contributed by atoms with Crippen molar-refractivity contribution in [2.75, 3.05) is 13.1 Å². The highest BCUT2D eigenvalue weighted by atomic mass is 16.2. The number of allylic oxidation sites excluding steroid dienone is 1. The van der Waals surface area contributed by atoms with Crippen molar-refractivity contribution in [2.24, 2.45) is 22.2 Å². The molecule has 1 aliphatic heterocycles. The average Bonchev–Trinajstić information content (AvgIpc) is 3.08. The Hall–Kier alpha value is -5.32. The maximum Gasteiger partial charge on any atom is 0.247 e. The molecule has 1 aromatic rings. The summed E-state index contributed by atoms with van der Waals surface area (Å²) in [5, 5.41) is 15.6. The Balaban J connectivity index is 2.47. The van der Waals surface area contributed by atoms with Crippen molar-refractivity contribution in [3.05, 3.63) is 47.7 Å². The van der Waals surface area contributed by atoms with Gasteiger partial charge in [0.15, 0.2) is 11.7 Å². The smallest absolute Gasteiger partial charge is 0.247 e. The van der Waals surface area contributed by atoms with E-state index in [0.717, 1.165) is 6.42 Å². The zero-order chi connectivity index (χ0) is 37.9. The predicted octanol–water partition coefficient (Wildman–Crippen LogP) is -1.74. The topological polar surface area (TPSA) is 282 Å². The fraction of sp³-hybridized carbons (Fsp3) is 0.529. The van der Waals surface area contributed by atoms with Crippen molar-refractivity contribution in [1.82, 2.24) is 31.9 Å². The van der Waals surface area contributed by atoms with Gasteiger partial charge in [0.2, 0.25) is 35.4 Å². The van der Waals surface area contributed by atoms with E-state index in [2.05, 4.69) is 36.9 Å². The van der Waals surface area contributed by atoms with E-state index in [-0.39, 0.29) is 56.9 Å². The summed E-state index contributed by atoms with van der Waals surface area (Å²) in [5.74, 6) is -4.66. The molecule has 0 aromatic heterocycles. The minimum Gasteiger partial charge on any atom is -0.370 e. The van der Waals surface area contributed by atoms with Crippen molar-refractivity contribution < 1.29 is 33.6 Å². The Bertz CT molecular complexity index is 1450. The van der Waals surface area contributed by atoms with Gasteiger partial charge in [-0.05, 0) is 44.2 Å². The number of unbranched alkanes of at least 4 members (excludes halogenated alkanes) is 1. The number of hydrogen-bond acceptors (Lipinski definition) is 9. The molecule has 2 rings (SSSR count). The molecule has 12 N–H and O–H groups in total. The molecule has 0 bridgehead atoms. The van der Waals surface area contributed by atoms with Crippen LogP contribution in [0, 0.1) is 0 Å². The van der Waals surface area contributed by atoms with E-state index in [9.17, 15) is 33.6 Å². The van der Waals surface area contributed by atoms with E-state index in [4.69, 9.17) is 17.2 Å². The van der Waals surface area contributed by atoms with Crippen LogP contribution in [0.1, 0.15) is 71.3 Å². The summed E-state index contributed by atoms with van der Waals surface area (Å²) in [7, 11) is 0. The zero-order valence-corrected chi connectivity index (χ0v) is 29.5. The maximum absolute atomic E-state index is 13.8. The number of hydrogen-bond donors (Lipinski definition) is 9. The number of rotatable bonds is 12. The number of guanidine groups is 1. The van der Waals surface area contributed by atoms with E-state index in [1.807, 2.05) is 6.92 Å². The minimum absolute atomic E-state index is 0.0299. The van der Waals surface area contributed by atoms with E-state index in [0.29, 0.717) is 18.4 Å². The molecular formula is C34H52N10O7. The van der Waals surface area contributed by atoms with Gasteiger partial charge >= 0.3 is 0 Å². The van der Waals surface area contributed by atoms with Crippen molar-refractivity contribution >= 4 is 47.2 Å². The number of carbonyl (C=O) groups excluding carboxylic acids is 7. The molecule has 17 nitrogen and oxygen atoms in total. The quantitative estimate of drug-likeness (QED) is 0.0670. The van der Waals surface area contributed by atoms with Crippen molar-refractivity contribution in [3.63, 3.8) is 0 Å². The summed E-state index contributed by atoms with van der Waals surface area (Å²) < 4.78 is 0. The number of ketones is 1. The first-order valence-corrected chi connectivity index (χ1v) is 17.1. The molecule has 51 heavy (non-hydrogen) atoms. The third-order valence-corrected chi connectivity index (χ3v) is 7.99. The number of nitrogens with zero attached hydrogens (tertiary/aromatic N) is 1. The lowest BCUT2D eigenvalue weighted by atomic mass is 10.0. The number of amides is 6. The molecule has 1 heterocycles. The summed E-state index contributed by atoms with van der Waals surface area (Å²) in [6.07, 6.45) is 3.20. The number of nitrogens with one attached hydrogen (secondary N) is 6. The monoisotopic (exact) mass is 712 g/mol. The first kappa shape index (κ1) is 41.8. The first-order chi connectivity index (χ1) is 24.2. The molecule has 0 saturated heterocycles. The zero-order valence-electron chi connectivity index (χ0n) is 29.5. The maximum atomic E-state index is 13.8. The Kier molecular flexibility index (Phi) is 17.8. The van der Waals surface area contributed by atoms with Crippen LogP contribution < -0.4 is 49.1 Å². The lowest BCUT2D eigenvalue weighted by Gasteiger charge is -2.26. The molecule has 280 valence electrons. The van der Waals surface area contributed by atoms with Gasteiger partial charge in [-0.25, -0.2) is 0 Å². The molecule has 0 saturated carbocycles. The fourth-order valence-corrected chi connectivity index (χ4v) is 5.02. The normalized spacial score (nSPS) is 22.8. The number of Topliss-reactive ketones (excluding diaryl/α,β-unsaturated/α-hetero) is 1. The summed E-state index contributed by atoms with van der Waals surface area (Å²) in [6.45, 7) is 4.56. The Morgan fingerprint density at radius 2 is 1.63 bits per heavy atom. The van der Waals surface area contributed by atoms with Gasteiger partial charge in [0.1, 0.15) is 24.2 Å².